The van der Waals surface area contributed by atoms with Crippen LogP contribution in [0.3, 0.4) is 0 Å². The molecular weight excluding hydrogens is 308 g/mol. The number of nitrogens with one attached hydrogen (secondary N) is 2. The number of amides is 2. The molecule has 2 amide bonds. The summed E-state index contributed by atoms with van der Waals surface area (Å²) in [5, 5.41) is 15.6. The van der Waals surface area contributed by atoms with Crippen molar-refractivity contribution < 1.29 is 19.4 Å². The maximum Gasteiger partial charge on any atom is 0.319 e. The summed E-state index contributed by atoms with van der Waals surface area (Å²) < 4.78 is 10.4. The number of urea groups is 1. The standard InChI is InChI=1S/C18H22N2O4/c1-12-5-4-6-14(9-12)20-18(22)19-11-15(21)13-7-8-16(23-2)17(10-13)24-3/h4-10,15,21H,11H2,1-3H3,(H2,19,20,22). The van der Waals surface area contributed by atoms with Gasteiger partial charge in [0.1, 0.15) is 0 Å². The van der Waals surface area contributed by atoms with E-state index >= 15 is 0 Å². The highest BCUT2D eigenvalue weighted by Crippen LogP contribution is 2.29. The Labute approximate surface area is 141 Å². The van der Waals surface area contributed by atoms with Crippen LogP contribution < -0.4 is 20.1 Å². The van der Waals surface area contributed by atoms with Crippen LogP contribution in [0.2, 0.25) is 0 Å². The van der Waals surface area contributed by atoms with Gasteiger partial charge in [-0.25, -0.2) is 4.79 Å². The summed E-state index contributed by atoms with van der Waals surface area (Å²) in [7, 11) is 3.08. The highest BCUT2D eigenvalue weighted by Gasteiger charge is 2.13. The number of carbonyl (C=O) groups excluding carboxylic acids is 1. The molecule has 2 aromatic rings. The van der Waals surface area contributed by atoms with Crippen LogP contribution in [-0.4, -0.2) is 31.9 Å². The number of anilines is 1. The van der Waals surface area contributed by atoms with Gasteiger partial charge >= 0.3 is 6.03 Å². The fourth-order valence-electron chi connectivity index (χ4n) is 2.27. The maximum atomic E-state index is 11.9. The molecule has 2 aromatic carbocycles. The van der Waals surface area contributed by atoms with E-state index in [0.717, 1.165) is 5.56 Å². The van der Waals surface area contributed by atoms with E-state index in [9.17, 15) is 9.90 Å². The third kappa shape index (κ3) is 4.63. The Morgan fingerprint density at radius 2 is 1.88 bits per heavy atom. The van der Waals surface area contributed by atoms with Crippen LogP contribution in [0.1, 0.15) is 17.2 Å². The second-order valence-corrected chi connectivity index (χ2v) is 5.33. The highest BCUT2D eigenvalue weighted by atomic mass is 16.5. The molecule has 6 nitrogen and oxygen atoms in total. The SMILES string of the molecule is COc1ccc(C(O)CNC(=O)Nc2cccc(C)c2)cc1OC. The van der Waals surface area contributed by atoms with Crippen LogP contribution >= 0.6 is 0 Å². The minimum atomic E-state index is -0.854. The molecule has 0 aromatic heterocycles. The molecule has 0 spiro atoms. The van der Waals surface area contributed by atoms with Crippen LogP contribution in [0, 0.1) is 6.92 Å². The first-order chi connectivity index (χ1) is 11.5. The second kappa shape index (κ2) is 8.21. The lowest BCUT2D eigenvalue weighted by molar-refractivity contribution is 0.174. The Balaban J connectivity index is 1.92. The lowest BCUT2D eigenvalue weighted by Crippen LogP contribution is -2.32. The number of aliphatic hydroxyl groups is 1. The van der Waals surface area contributed by atoms with Crippen molar-refractivity contribution in [1.82, 2.24) is 5.32 Å². The van der Waals surface area contributed by atoms with Gasteiger partial charge in [0.05, 0.1) is 20.3 Å². The molecule has 0 fully saturated rings. The molecule has 128 valence electrons. The molecule has 0 aliphatic heterocycles. The predicted molar refractivity (Wildman–Crippen MR) is 92.7 cm³/mol. The number of aryl methyl sites for hydroxylation is 1. The van der Waals surface area contributed by atoms with Gasteiger partial charge in [-0.15, -0.1) is 0 Å². The third-order valence-electron chi connectivity index (χ3n) is 3.52. The van der Waals surface area contributed by atoms with Crippen LogP contribution in [0.5, 0.6) is 11.5 Å². The molecule has 0 aliphatic rings. The van der Waals surface area contributed by atoms with Gasteiger partial charge in [0.15, 0.2) is 11.5 Å². The zero-order chi connectivity index (χ0) is 17.5. The topological polar surface area (TPSA) is 79.8 Å². The summed E-state index contributed by atoms with van der Waals surface area (Å²) in [6, 6.07) is 12.2. The Morgan fingerprint density at radius 1 is 1.12 bits per heavy atom. The second-order valence-electron chi connectivity index (χ2n) is 5.33. The minimum absolute atomic E-state index is 0.0765. The van der Waals surface area contributed by atoms with Gasteiger partial charge in [-0.1, -0.05) is 18.2 Å². The van der Waals surface area contributed by atoms with Gasteiger partial charge in [-0.3, -0.25) is 0 Å². The quantitative estimate of drug-likeness (QED) is 0.761. The molecule has 1 atom stereocenters. The molecule has 0 bridgehead atoms. The molecule has 3 N–H and O–H groups in total. The summed E-state index contributed by atoms with van der Waals surface area (Å²) in [6.45, 7) is 2.02. The van der Waals surface area contributed by atoms with E-state index < -0.39 is 6.10 Å². The number of methoxy groups -OCH3 is 2. The first-order valence-corrected chi connectivity index (χ1v) is 7.55. The van der Waals surface area contributed by atoms with E-state index in [-0.39, 0.29) is 12.6 Å². The molecule has 0 aliphatic carbocycles. The lowest BCUT2D eigenvalue weighted by atomic mass is 10.1. The molecule has 0 heterocycles. The fraction of sp³-hybridized carbons (Fsp3) is 0.278. The normalized spacial score (nSPS) is 11.5. The number of hydrogen-bond donors (Lipinski definition) is 3. The van der Waals surface area contributed by atoms with E-state index in [1.54, 1.807) is 31.4 Å². The van der Waals surface area contributed by atoms with Gasteiger partial charge in [0.2, 0.25) is 0 Å². The number of aliphatic hydroxyl groups excluding tert-OH is 1. The van der Waals surface area contributed by atoms with Crippen molar-refractivity contribution in [3.8, 4) is 11.5 Å². The minimum Gasteiger partial charge on any atom is -0.493 e. The fourth-order valence-corrected chi connectivity index (χ4v) is 2.27. The van der Waals surface area contributed by atoms with E-state index in [1.807, 2.05) is 25.1 Å². The molecule has 0 saturated heterocycles. The van der Waals surface area contributed by atoms with Crippen LogP contribution in [-0.2, 0) is 0 Å². The van der Waals surface area contributed by atoms with Crippen molar-refractivity contribution in [2.75, 3.05) is 26.1 Å². The van der Waals surface area contributed by atoms with Crippen molar-refractivity contribution in [3.63, 3.8) is 0 Å². The van der Waals surface area contributed by atoms with Crippen molar-refractivity contribution in [3.05, 3.63) is 53.6 Å². The molecule has 1 unspecified atom stereocenters. The summed E-state index contributed by atoms with van der Waals surface area (Å²) in [5.41, 5.74) is 2.38. The zero-order valence-corrected chi connectivity index (χ0v) is 14.0. The maximum absolute atomic E-state index is 11.9. The number of hydrogen-bond acceptors (Lipinski definition) is 4. The Hall–Kier alpha value is -2.73. The average Bonchev–Trinajstić information content (AvgIpc) is 2.59. The first kappa shape index (κ1) is 17.6. The van der Waals surface area contributed by atoms with E-state index in [1.165, 1.54) is 7.11 Å². The molecule has 0 saturated carbocycles. The van der Waals surface area contributed by atoms with Crippen molar-refractivity contribution in [2.45, 2.75) is 13.0 Å². The van der Waals surface area contributed by atoms with Crippen LogP contribution in [0.25, 0.3) is 0 Å². The predicted octanol–water partition coefficient (Wildman–Crippen LogP) is 2.87. The molecule has 24 heavy (non-hydrogen) atoms. The van der Waals surface area contributed by atoms with Crippen LogP contribution in [0.15, 0.2) is 42.5 Å². The first-order valence-electron chi connectivity index (χ1n) is 7.55. The van der Waals surface area contributed by atoms with Crippen molar-refractivity contribution in [2.24, 2.45) is 0 Å². The molecule has 2 rings (SSSR count). The Morgan fingerprint density at radius 3 is 2.54 bits per heavy atom. The van der Waals surface area contributed by atoms with Gasteiger partial charge in [-0.05, 0) is 42.3 Å². The number of carbonyl (C=O) groups is 1. The van der Waals surface area contributed by atoms with E-state index in [4.69, 9.17) is 9.47 Å². The number of benzene rings is 2. The number of rotatable bonds is 6. The largest absolute Gasteiger partial charge is 0.493 e. The number of ether oxygens (including phenoxy) is 2. The van der Waals surface area contributed by atoms with Crippen molar-refractivity contribution in [1.29, 1.82) is 0 Å². The summed E-state index contributed by atoms with van der Waals surface area (Å²) in [4.78, 5) is 11.9. The van der Waals surface area contributed by atoms with Gasteiger partial charge < -0.3 is 25.2 Å². The summed E-state index contributed by atoms with van der Waals surface area (Å²) in [5.74, 6) is 1.11. The van der Waals surface area contributed by atoms with Gasteiger partial charge in [0, 0.05) is 12.2 Å². The smallest absolute Gasteiger partial charge is 0.319 e. The van der Waals surface area contributed by atoms with E-state index in [2.05, 4.69) is 10.6 Å². The van der Waals surface area contributed by atoms with E-state index in [0.29, 0.717) is 22.7 Å². The summed E-state index contributed by atoms with van der Waals surface area (Å²) >= 11 is 0. The third-order valence-corrected chi connectivity index (χ3v) is 3.52. The Kier molecular flexibility index (Phi) is 6.03. The monoisotopic (exact) mass is 330 g/mol. The highest BCUT2D eigenvalue weighted by molar-refractivity contribution is 5.89. The zero-order valence-electron chi connectivity index (χ0n) is 14.0. The molecule has 0 radical (unpaired) electrons. The van der Waals surface area contributed by atoms with Gasteiger partial charge in [-0.2, -0.15) is 0 Å². The van der Waals surface area contributed by atoms with Gasteiger partial charge in [0.25, 0.3) is 0 Å². The lowest BCUT2D eigenvalue weighted by Gasteiger charge is -2.15. The Bertz CT molecular complexity index is 703. The summed E-state index contributed by atoms with van der Waals surface area (Å²) in [6.07, 6.45) is -0.854. The molecule has 6 heteroatoms. The average molecular weight is 330 g/mol. The van der Waals surface area contributed by atoms with Crippen molar-refractivity contribution >= 4 is 11.7 Å². The molecular formula is C18H22N2O4. The van der Waals surface area contributed by atoms with Crippen LogP contribution in [0.4, 0.5) is 10.5 Å².